The van der Waals surface area contributed by atoms with Crippen LogP contribution in [0.2, 0.25) is 0 Å². The monoisotopic (exact) mass is 156 g/mol. The van der Waals surface area contributed by atoms with Crippen molar-refractivity contribution in [3.8, 4) is 0 Å². The molecule has 0 atom stereocenters. The molecular formula is C5H9NaO4. The van der Waals surface area contributed by atoms with E-state index in [1.165, 1.54) is 0 Å². The van der Waals surface area contributed by atoms with E-state index in [1.807, 2.05) is 0 Å². The SMILES string of the molecule is CCOC(=O)CC(=O)O.[NaH]. The summed E-state index contributed by atoms with van der Waals surface area (Å²) in [5, 5.41) is 8.01. The minimum absolute atomic E-state index is 0. The summed E-state index contributed by atoms with van der Waals surface area (Å²) in [6, 6.07) is 0. The number of carbonyl (C=O) groups excluding carboxylic acids is 1. The first-order valence-electron chi connectivity index (χ1n) is 2.54. The molecule has 0 bridgehead atoms. The quantitative estimate of drug-likeness (QED) is 0.336. The molecule has 0 radical (unpaired) electrons. The van der Waals surface area contributed by atoms with Gasteiger partial charge >= 0.3 is 41.5 Å². The molecule has 0 rings (SSSR count). The third-order valence-corrected chi connectivity index (χ3v) is 0.601. The van der Waals surface area contributed by atoms with Crippen LogP contribution in [0.4, 0.5) is 0 Å². The van der Waals surface area contributed by atoms with Crippen molar-refractivity contribution in [1.29, 1.82) is 0 Å². The fourth-order valence-electron chi connectivity index (χ4n) is 0.335. The molecule has 1 N–H and O–H groups in total. The summed E-state index contributed by atoms with van der Waals surface area (Å²) >= 11 is 0. The summed E-state index contributed by atoms with van der Waals surface area (Å²) in [7, 11) is 0. The number of esters is 1. The molecule has 5 heteroatoms. The molecular weight excluding hydrogens is 147 g/mol. The molecule has 0 spiro atoms. The van der Waals surface area contributed by atoms with Gasteiger partial charge in [-0.2, -0.15) is 0 Å². The Morgan fingerprint density at radius 1 is 1.50 bits per heavy atom. The molecule has 4 nitrogen and oxygen atoms in total. The number of rotatable bonds is 3. The number of carbonyl (C=O) groups is 2. The average Bonchev–Trinajstić information content (AvgIpc) is 1.63. The Balaban J connectivity index is 0. The number of ether oxygens (including phenoxy) is 1. The Morgan fingerprint density at radius 2 is 2.00 bits per heavy atom. The van der Waals surface area contributed by atoms with Gasteiger partial charge in [0.25, 0.3) is 0 Å². The van der Waals surface area contributed by atoms with Crippen molar-refractivity contribution in [2.24, 2.45) is 0 Å². The van der Waals surface area contributed by atoms with E-state index in [4.69, 9.17) is 5.11 Å². The van der Waals surface area contributed by atoms with E-state index >= 15 is 0 Å². The first kappa shape index (κ1) is 12.6. The standard InChI is InChI=1S/C5H8O4.Na.H/c1-2-9-5(8)3-4(6)7;;/h2-3H2,1H3,(H,6,7);;. The van der Waals surface area contributed by atoms with Crippen molar-refractivity contribution in [3.63, 3.8) is 0 Å². The summed E-state index contributed by atoms with van der Waals surface area (Å²) in [6.07, 6.45) is -0.548. The van der Waals surface area contributed by atoms with Gasteiger partial charge in [-0.05, 0) is 6.92 Å². The predicted molar refractivity (Wildman–Crippen MR) is 36.0 cm³/mol. The summed E-state index contributed by atoms with van der Waals surface area (Å²) < 4.78 is 4.33. The van der Waals surface area contributed by atoms with E-state index in [9.17, 15) is 9.59 Å². The Hall–Kier alpha value is -0.0600. The van der Waals surface area contributed by atoms with E-state index in [1.54, 1.807) is 6.92 Å². The number of aliphatic carboxylic acids is 1. The molecule has 0 aliphatic carbocycles. The van der Waals surface area contributed by atoms with E-state index in [-0.39, 0.29) is 36.2 Å². The second-order valence-corrected chi connectivity index (χ2v) is 1.38. The molecule has 0 heterocycles. The molecule has 54 valence electrons. The second kappa shape index (κ2) is 7.05. The molecule has 0 aromatic carbocycles. The summed E-state index contributed by atoms with van der Waals surface area (Å²) in [4.78, 5) is 20.0. The van der Waals surface area contributed by atoms with Crippen molar-refractivity contribution in [1.82, 2.24) is 0 Å². The third-order valence-electron chi connectivity index (χ3n) is 0.601. The predicted octanol–water partition coefficient (Wildman–Crippen LogP) is -0.624. The van der Waals surface area contributed by atoms with Crippen LogP contribution in [0.1, 0.15) is 13.3 Å². The normalized spacial score (nSPS) is 7.70. The fraction of sp³-hybridized carbons (Fsp3) is 0.600. The van der Waals surface area contributed by atoms with Crippen molar-refractivity contribution < 1.29 is 19.4 Å². The van der Waals surface area contributed by atoms with Crippen molar-refractivity contribution in [3.05, 3.63) is 0 Å². The first-order valence-corrected chi connectivity index (χ1v) is 2.54. The van der Waals surface area contributed by atoms with E-state index in [0.717, 1.165) is 0 Å². The Labute approximate surface area is 80.8 Å². The summed E-state index contributed by atoms with van der Waals surface area (Å²) in [6.45, 7) is 1.85. The zero-order chi connectivity index (χ0) is 7.28. The molecule has 0 amide bonds. The van der Waals surface area contributed by atoms with Crippen LogP contribution >= 0.6 is 0 Å². The minimum atomic E-state index is -1.16. The van der Waals surface area contributed by atoms with Crippen LogP contribution in [0.5, 0.6) is 0 Å². The van der Waals surface area contributed by atoms with Gasteiger partial charge in [0.05, 0.1) is 6.61 Å². The van der Waals surface area contributed by atoms with Gasteiger partial charge in [0, 0.05) is 0 Å². The zero-order valence-electron chi connectivity index (χ0n) is 5.09. The van der Waals surface area contributed by atoms with Crippen LogP contribution in [0.25, 0.3) is 0 Å². The van der Waals surface area contributed by atoms with Gasteiger partial charge in [0.1, 0.15) is 6.42 Å². The van der Waals surface area contributed by atoms with Gasteiger partial charge in [0.15, 0.2) is 0 Å². The number of hydrogen-bond acceptors (Lipinski definition) is 3. The number of hydrogen-bond donors (Lipinski definition) is 1. The summed E-state index contributed by atoms with van der Waals surface area (Å²) in [5.41, 5.74) is 0. The molecule has 0 aromatic heterocycles. The number of carboxylic acids is 1. The topological polar surface area (TPSA) is 63.6 Å². The van der Waals surface area contributed by atoms with Gasteiger partial charge in [-0.1, -0.05) is 0 Å². The van der Waals surface area contributed by atoms with Gasteiger partial charge in [-0.25, -0.2) is 0 Å². The van der Waals surface area contributed by atoms with Crippen LogP contribution < -0.4 is 0 Å². The van der Waals surface area contributed by atoms with Crippen LogP contribution in [0, 0.1) is 0 Å². The second-order valence-electron chi connectivity index (χ2n) is 1.38. The van der Waals surface area contributed by atoms with Crippen LogP contribution in [-0.2, 0) is 14.3 Å². The van der Waals surface area contributed by atoms with E-state index < -0.39 is 18.4 Å². The van der Waals surface area contributed by atoms with E-state index in [2.05, 4.69) is 4.74 Å². The fourth-order valence-corrected chi connectivity index (χ4v) is 0.335. The van der Waals surface area contributed by atoms with Crippen LogP contribution in [0.3, 0.4) is 0 Å². The van der Waals surface area contributed by atoms with Crippen molar-refractivity contribution in [2.75, 3.05) is 6.61 Å². The zero-order valence-corrected chi connectivity index (χ0v) is 5.09. The average molecular weight is 156 g/mol. The van der Waals surface area contributed by atoms with Crippen molar-refractivity contribution in [2.45, 2.75) is 13.3 Å². The van der Waals surface area contributed by atoms with Crippen molar-refractivity contribution >= 4 is 41.5 Å². The summed E-state index contributed by atoms with van der Waals surface area (Å²) in [5.74, 6) is -1.85. The Bertz CT molecular complexity index is 123. The molecule has 10 heavy (non-hydrogen) atoms. The first-order chi connectivity index (χ1) is 4.16. The maximum absolute atomic E-state index is 10.3. The van der Waals surface area contributed by atoms with Gasteiger partial charge in [-0.3, -0.25) is 9.59 Å². The van der Waals surface area contributed by atoms with Crippen LogP contribution in [0.15, 0.2) is 0 Å². The van der Waals surface area contributed by atoms with Gasteiger partial charge < -0.3 is 9.84 Å². The third kappa shape index (κ3) is 7.94. The maximum atomic E-state index is 10.3. The Kier molecular flexibility index (Phi) is 8.89. The molecule has 0 saturated carbocycles. The molecule has 0 aliphatic rings. The molecule has 0 unspecified atom stereocenters. The van der Waals surface area contributed by atoms with Gasteiger partial charge in [0.2, 0.25) is 0 Å². The molecule has 0 fully saturated rings. The van der Waals surface area contributed by atoms with Gasteiger partial charge in [-0.15, -0.1) is 0 Å². The van der Waals surface area contributed by atoms with E-state index in [0.29, 0.717) is 0 Å². The molecule has 0 aromatic rings. The molecule has 0 aliphatic heterocycles. The number of carboxylic acid groups (broad SMARTS) is 1. The Morgan fingerprint density at radius 3 is 2.30 bits per heavy atom. The molecule has 0 saturated heterocycles. The van der Waals surface area contributed by atoms with Crippen LogP contribution in [-0.4, -0.2) is 53.2 Å².